The van der Waals surface area contributed by atoms with Gasteiger partial charge in [0.1, 0.15) is 0 Å². The molecule has 21 heavy (non-hydrogen) atoms. The molecule has 3 heteroatoms. The van der Waals surface area contributed by atoms with Crippen LogP contribution in [0, 0.1) is 22.7 Å². The largest absolute Gasteiger partial charge is 0.351 e. The van der Waals surface area contributed by atoms with Gasteiger partial charge in [-0.25, -0.2) is 0 Å². The molecule has 1 heterocycles. The Kier molecular flexibility index (Phi) is 3.84. The Labute approximate surface area is 129 Å². The highest BCUT2D eigenvalue weighted by atomic mass is 16.2. The van der Waals surface area contributed by atoms with E-state index in [4.69, 9.17) is 0 Å². The SMILES string of the molecule is CCC1CCNC(C(=O)NC2C3(C)CCC(C3)C2(C)C)C1. The maximum atomic E-state index is 12.7. The summed E-state index contributed by atoms with van der Waals surface area (Å²) in [7, 11) is 0. The molecule has 3 aliphatic rings. The highest BCUT2D eigenvalue weighted by Crippen LogP contribution is 2.62. The Morgan fingerprint density at radius 1 is 1.29 bits per heavy atom. The molecule has 1 aliphatic heterocycles. The third-order valence-electron chi connectivity index (χ3n) is 6.96. The number of hydrogen-bond donors (Lipinski definition) is 2. The Hall–Kier alpha value is -0.570. The topological polar surface area (TPSA) is 41.1 Å². The van der Waals surface area contributed by atoms with E-state index in [-0.39, 0.29) is 17.4 Å². The van der Waals surface area contributed by atoms with E-state index in [9.17, 15) is 4.79 Å². The highest BCUT2D eigenvalue weighted by molar-refractivity contribution is 5.82. The third kappa shape index (κ3) is 2.52. The van der Waals surface area contributed by atoms with Gasteiger partial charge >= 0.3 is 0 Å². The molecule has 0 spiro atoms. The molecule has 5 atom stereocenters. The van der Waals surface area contributed by atoms with Crippen LogP contribution in [0.15, 0.2) is 0 Å². The summed E-state index contributed by atoms with van der Waals surface area (Å²) in [4.78, 5) is 12.7. The molecule has 1 saturated heterocycles. The lowest BCUT2D eigenvalue weighted by molar-refractivity contribution is -0.126. The van der Waals surface area contributed by atoms with Gasteiger partial charge in [-0.3, -0.25) is 4.79 Å². The van der Waals surface area contributed by atoms with Gasteiger partial charge in [0.2, 0.25) is 5.91 Å². The first-order valence-electron chi connectivity index (χ1n) is 8.90. The van der Waals surface area contributed by atoms with Gasteiger partial charge in [-0.05, 0) is 61.3 Å². The fourth-order valence-electron chi connectivity index (χ4n) is 5.47. The Bertz CT molecular complexity index is 415. The predicted molar refractivity (Wildman–Crippen MR) is 86.0 cm³/mol. The van der Waals surface area contributed by atoms with Crippen LogP contribution in [0.3, 0.4) is 0 Å². The van der Waals surface area contributed by atoms with Gasteiger partial charge in [-0.15, -0.1) is 0 Å². The fraction of sp³-hybridized carbons (Fsp3) is 0.944. The maximum Gasteiger partial charge on any atom is 0.237 e. The van der Waals surface area contributed by atoms with Crippen molar-refractivity contribution < 1.29 is 4.79 Å². The molecule has 3 rings (SSSR count). The third-order valence-corrected chi connectivity index (χ3v) is 6.96. The van der Waals surface area contributed by atoms with Gasteiger partial charge in [0.25, 0.3) is 0 Å². The average molecular weight is 292 g/mol. The van der Waals surface area contributed by atoms with E-state index in [1.807, 2.05) is 0 Å². The lowest BCUT2D eigenvalue weighted by Crippen LogP contribution is -2.57. The molecule has 0 aromatic rings. The monoisotopic (exact) mass is 292 g/mol. The van der Waals surface area contributed by atoms with Gasteiger partial charge in [-0.2, -0.15) is 0 Å². The molecule has 3 nitrogen and oxygen atoms in total. The fourth-order valence-corrected chi connectivity index (χ4v) is 5.47. The van der Waals surface area contributed by atoms with Crippen molar-refractivity contribution in [2.45, 2.75) is 78.3 Å². The van der Waals surface area contributed by atoms with Crippen LogP contribution in [0.2, 0.25) is 0 Å². The van der Waals surface area contributed by atoms with Crippen molar-refractivity contribution in [2.24, 2.45) is 22.7 Å². The quantitative estimate of drug-likeness (QED) is 0.839. The maximum absolute atomic E-state index is 12.7. The van der Waals surface area contributed by atoms with Crippen molar-refractivity contribution in [2.75, 3.05) is 6.54 Å². The standard InChI is InChI=1S/C18H32N2O/c1-5-12-7-9-19-14(10-12)15(21)20-16-17(2,3)13-6-8-18(16,4)11-13/h12-14,16,19H,5-11H2,1-4H3,(H,20,21). The number of carbonyl (C=O) groups is 1. The van der Waals surface area contributed by atoms with Crippen molar-refractivity contribution in [1.82, 2.24) is 10.6 Å². The Morgan fingerprint density at radius 3 is 2.67 bits per heavy atom. The van der Waals surface area contributed by atoms with Crippen LogP contribution in [-0.2, 0) is 4.79 Å². The van der Waals surface area contributed by atoms with E-state index in [0.29, 0.717) is 17.4 Å². The van der Waals surface area contributed by atoms with Gasteiger partial charge in [0, 0.05) is 6.04 Å². The smallest absolute Gasteiger partial charge is 0.237 e. The van der Waals surface area contributed by atoms with Crippen LogP contribution in [-0.4, -0.2) is 24.5 Å². The van der Waals surface area contributed by atoms with Crippen LogP contribution in [0.25, 0.3) is 0 Å². The molecule has 5 unspecified atom stereocenters. The summed E-state index contributed by atoms with van der Waals surface area (Å²) >= 11 is 0. The van der Waals surface area contributed by atoms with Crippen molar-refractivity contribution in [3.8, 4) is 0 Å². The lowest BCUT2D eigenvalue weighted by atomic mass is 9.68. The minimum Gasteiger partial charge on any atom is -0.351 e. The molecule has 2 aliphatic carbocycles. The second kappa shape index (κ2) is 5.26. The molecule has 0 aromatic heterocycles. The van der Waals surface area contributed by atoms with E-state index < -0.39 is 0 Å². The van der Waals surface area contributed by atoms with E-state index >= 15 is 0 Å². The van der Waals surface area contributed by atoms with Gasteiger partial charge in [0.15, 0.2) is 0 Å². The van der Waals surface area contributed by atoms with Crippen LogP contribution in [0.5, 0.6) is 0 Å². The van der Waals surface area contributed by atoms with Crippen LogP contribution in [0.4, 0.5) is 0 Å². The van der Waals surface area contributed by atoms with Crippen molar-refractivity contribution >= 4 is 5.91 Å². The van der Waals surface area contributed by atoms with E-state index in [1.165, 1.54) is 32.1 Å². The first-order valence-corrected chi connectivity index (χ1v) is 8.90. The number of fused-ring (bicyclic) bond motifs is 2. The summed E-state index contributed by atoms with van der Waals surface area (Å²) in [6.45, 7) is 10.3. The molecular formula is C18H32N2O. The second-order valence-electron chi connectivity index (χ2n) is 8.66. The molecule has 2 bridgehead atoms. The zero-order valence-electron chi connectivity index (χ0n) is 14.2. The highest BCUT2D eigenvalue weighted by Gasteiger charge is 2.59. The van der Waals surface area contributed by atoms with Gasteiger partial charge < -0.3 is 10.6 Å². The first kappa shape index (κ1) is 15.3. The molecule has 0 radical (unpaired) electrons. The molecule has 2 saturated carbocycles. The average Bonchev–Trinajstić information content (AvgIpc) is 2.94. The minimum atomic E-state index is 0.0298. The predicted octanol–water partition coefficient (Wildman–Crippen LogP) is 3.10. The molecular weight excluding hydrogens is 260 g/mol. The number of rotatable bonds is 3. The normalized spacial score (nSPS) is 44.8. The van der Waals surface area contributed by atoms with Crippen LogP contribution < -0.4 is 10.6 Å². The van der Waals surface area contributed by atoms with Crippen molar-refractivity contribution in [3.05, 3.63) is 0 Å². The van der Waals surface area contributed by atoms with Gasteiger partial charge in [0.05, 0.1) is 6.04 Å². The van der Waals surface area contributed by atoms with E-state index in [0.717, 1.165) is 18.9 Å². The summed E-state index contributed by atoms with van der Waals surface area (Å²) in [6, 6.07) is 0.377. The van der Waals surface area contributed by atoms with Crippen LogP contribution >= 0.6 is 0 Å². The Balaban J connectivity index is 1.67. The molecule has 3 fully saturated rings. The van der Waals surface area contributed by atoms with E-state index in [1.54, 1.807) is 0 Å². The number of nitrogens with one attached hydrogen (secondary N) is 2. The Morgan fingerprint density at radius 2 is 2.05 bits per heavy atom. The first-order chi connectivity index (χ1) is 9.87. The molecule has 0 aromatic carbocycles. The summed E-state index contributed by atoms with van der Waals surface area (Å²) < 4.78 is 0. The zero-order chi connectivity index (χ0) is 15.3. The second-order valence-corrected chi connectivity index (χ2v) is 8.66. The molecule has 1 amide bonds. The lowest BCUT2D eigenvalue weighted by Gasteiger charge is -2.44. The summed E-state index contributed by atoms with van der Waals surface area (Å²) in [5.74, 6) is 1.75. The summed E-state index contributed by atoms with van der Waals surface area (Å²) in [5.41, 5.74) is 0.574. The minimum absolute atomic E-state index is 0.0298. The number of amides is 1. The van der Waals surface area contributed by atoms with E-state index in [2.05, 4.69) is 38.3 Å². The van der Waals surface area contributed by atoms with Crippen molar-refractivity contribution in [3.63, 3.8) is 0 Å². The van der Waals surface area contributed by atoms with Crippen LogP contribution in [0.1, 0.15) is 66.2 Å². The number of carbonyl (C=O) groups excluding carboxylic acids is 1. The number of hydrogen-bond acceptors (Lipinski definition) is 2. The summed E-state index contributed by atoms with van der Waals surface area (Å²) in [6.07, 6.45) is 7.34. The molecule has 2 N–H and O–H groups in total. The number of piperidine rings is 1. The van der Waals surface area contributed by atoms with Gasteiger partial charge in [-0.1, -0.05) is 34.1 Å². The van der Waals surface area contributed by atoms with Crippen molar-refractivity contribution in [1.29, 1.82) is 0 Å². The zero-order valence-corrected chi connectivity index (χ0v) is 14.2. The molecule has 120 valence electrons. The summed E-state index contributed by atoms with van der Waals surface area (Å²) in [5, 5.41) is 6.88.